The van der Waals surface area contributed by atoms with E-state index in [9.17, 15) is 35.1 Å². The molecule has 2 aromatic carbocycles. The maximum Gasteiger partial charge on any atom is 0.308 e. The van der Waals surface area contributed by atoms with E-state index in [2.05, 4.69) is 0 Å². The second-order valence-electron chi connectivity index (χ2n) is 5.38. The Bertz CT molecular complexity index is 1090. The molecular weight excluding hydrogens is 348 g/mol. The lowest BCUT2D eigenvalue weighted by Crippen LogP contribution is -2.13. The highest BCUT2D eigenvalue weighted by atomic mass is 16.5. The molecule has 1 heterocycles. The van der Waals surface area contributed by atoms with Crippen LogP contribution in [-0.2, 0) is 4.79 Å². The minimum atomic E-state index is -0.916. The van der Waals surface area contributed by atoms with Crippen LogP contribution >= 0.6 is 0 Å². The molecule has 0 atom stereocenters. The van der Waals surface area contributed by atoms with Crippen molar-refractivity contribution in [2.75, 3.05) is 0 Å². The van der Waals surface area contributed by atoms with Crippen molar-refractivity contribution in [3.63, 3.8) is 0 Å². The number of phenolic OH excluding ortho intramolecular Hbond substituents is 5. The van der Waals surface area contributed by atoms with Crippen molar-refractivity contribution in [2.24, 2.45) is 0 Å². The van der Waals surface area contributed by atoms with Crippen LogP contribution in [0.4, 0.5) is 0 Å². The molecule has 3 rings (SSSR count). The van der Waals surface area contributed by atoms with Gasteiger partial charge in [-0.3, -0.25) is 9.59 Å². The molecule has 0 aliphatic rings. The van der Waals surface area contributed by atoms with E-state index < -0.39 is 40.1 Å². The second kappa shape index (κ2) is 5.88. The van der Waals surface area contributed by atoms with Crippen LogP contribution < -0.4 is 10.2 Å². The molecule has 134 valence electrons. The molecule has 0 fully saturated rings. The first-order valence-corrected chi connectivity index (χ1v) is 7.15. The predicted octanol–water partition coefficient (Wildman–Crippen LogP) is 1.91. The van der Waals surface area contributed by atoms with Crippen LogP contribution in [0.1, 0.15) is 6.92 Å². The molecule has 0 radical (unpaired) electrons. The third kappa shape index (κ3) is 2.71. The summed E-state index contributed by atoms with van der Waals surface area (Å²) in [5.74, 6) is -5.02. The van der Waals surface area contributed by atoms with Crippen molar-refractivity contribution < 1.29 is 39.5 Å². The molecule has 0 aliphatic carbocycles. The van der Waals surface area contributed by atoms with E-state index in [0.29, 0.717) is 0 Å². The lowest BCUT2D eigenvalue weighted by molar-refractivity contribution is -0.132. The first kappa shape index (κ1) is 17.0. The van der Waals surface area contributed by atoms with E-state index in [1.165, 1.54) is 0 Å². The van der Waals surface area contributed by atoms with Crippen molar-refractivity contribution in [3.05, 3.63) is 34.5 Å². The van der Waals surface area contributed by atoms with Crippen molar-refractivity contribution in [1.29, 1.82) is 0 Å². The Morgan fingerprint density at radius 1 is 0.962 bits per heavy atom. The van der Waals surface area contributed by atoms with Crippen LogP contribution in [0.15, 0.2) is 33.5 Å². The van der Waals surface area contributed by atoms with Gasteiger partial charge in [0.15, 0.2) is 23.0 Å². The normalized spacial score (nSPS) is 10.8. The first-order chi connectivity index (χ1) is 12.2. The van der Waals surface area contributed by atoms with Gasteiger partial charge in [-0.25, -0.2) is 0 Å². The van der Waals surface area contributed by atoms with Gasteiger partial charge in [0.1, 0.15) is 22.5 Å². The first-order valence-electron chi connectivity index (χ1n) is 7.15. The number of rotatable bonds is 2. The summed E-state index contributed by atoms with van der Waals surface area (Å²) in [5, 5.41) is 47.9. The Kier molecular flexibility index (Phi) is 3.84. The van der Waals surface area contributed by atoms with Gasteiger partial charge in [0.2, 0.25) is 11.2 Å². The summed E-state index contributed by atoms with van der Waals surface area (Å²) in [6.07, 6.45) is 0. The zero-order chi connectivity index (χ0) is 19.2. The molecule has 26 heavy (non-hydrogen) atoms. The van der Waals surface area contributed by atoms with E-state index in [0.717, 1.165) is 31.2 Å². The molecule has 3 aromatic rings. The number of fused-ring (bicyclic) bond motifs is 1. The van der Waals surface area contributed by atoms with Crippen molar-refractivity contribution in [2.45, 2.75) is 6.92 Å². The van der Waals surface area contributed by atoms with Gasteiger partial charge in [0, 0.05) is 24.6 Å². The quantitative estimate of drug-likeness (QED) is 0.340. The molecule has 9 heteroatoms. The average Bonchev–Trinajstić information content (AvgIpc) is 2.53. The predicted molar refractivity (Wildman–Crippen MR) is 87.6 cm³/mol. The zero-order valence-corrected chi connectivity index (χ0v) is 13.2. The maximum atomic E-state index is 12.7. The summed E-state index contributed by atoms with van der Waals surface area (Å²) in [4.78, 5) is 24.0. The van der Waals surface area contributed by atoms with E-state index in [1.807, 2.05) is 0 Å². The topological polar surface area (TPSA) is 158 Å². The Hall–Kier alpha value is -3.88. The second-order valence-corrected chi connectivity index (χ2v) is 5.38. The fourth-order valence-corrected chi connectivity index (χ4v) is 2.43. The van der Waals surface area contributed by atoms with Gasteiger partial charge in [-0.2, -0.15) is 0 Å². The van der Waals surface area contributed by atoms with Gasteiger partial charge in [-0.05, 0) is 12.1 Å². The van der Waals surface area contributed by atoms with Crippen LogP contribution in [0.3, 0.4) is 0 Å². The van der Waals surface area contributed by atoms with Crippen LogP contribution in [0.2, 0.25) is 0 Å². The lowest BCUT2D eigenvalue weighted by Gasteiger charge is -2.11. The summed E-state index contributed by atoms with van der Waals surface area (Å²) in [5.41, 5.74) is -1.25. The van der Waals surface area contributed by atoms with Gasteiger partial charge >= 0.3 is 5.97 Å². The van der Waals surface area contributed by atoms with E-state index in [1.54, 1.807) is 0 Å². The molecule has 0 amide bonds. The Morgan fingerprint density at radius 2 is 1.58 bits per heavy atom. The minimum Gasteiger partial charge on any atom is -0.508 e. The van der Waals surface area contributed by atoms with Crippen LogP contribution in [0.25, 0.3) is 22.3 Å². The number of carbonyl (C=O) groups excluding carboxylic acids is 1. The molecule has 0 aliphatic heterocycles. The molecule has 0 spiro atoms. The van der Waals surface area contributed by atoms with E-state index in [-0.39, 0.29) is 28.0 Å². The number of esters is 1. The number of hydrogen-bond acceptors (Lipinski definition) is 9. The molecule has 0 saturated heterocycles. The maximum absolute atomic E-state index is 12.7. The van der Waals surface area contributed by atoms with Crippen LogP contribution in [0.5, 0.6) is 34.5 Å². The summed E-state index contributed by atoms with van der Waals surface area (Å²) in [6, 6.07) is 3.90. The van der Waals surface area contributed by atoms with E-state index >= 15 is 0 Å². The van der Waals surface area contributed by atoms with Crippen LogP contribution in [0, 0.1) is 0 Å². The standard InChI is InChI=1S/C17H12O9/c1-6(18)25-17-15(24)13-9(20)4-8(19)5-12(13)26-16(17)7-2-10(21)14(23)11(22)3-7/h2-5,19-23H,1H3. The SMILES string of the molecule is CC(=O)Oc1c(-c2cc(O)c(O)c(O)c2)oc2cc(O)cc(O)c2c1=O. The summed E-state index contributed by atoms with van der Waals surface area (Å²) in [6.45, 7) is 1.04. The summed E-state index contributed by atoms with van der Waals surface area (Å²) < 4.78 is 10.4. The van der Waals surface area contributed by atoms with Crippen molar-refractivity contribution in [1.82, 2.24) is 0 Å². The molecule has 5 N–H and O–H groups in total. The highest BCUT2D eigenvalue weighted by Crippen LogP contribution is 2.42. The molecule has 0 bridgehead atoms. The smallest absolute Gasteiger partial charge is 0.308 e. The fraction of sp³-hybridized carbons (Fsp3) is 0.0588. The Morgan fingerprint density at radius 3 is 2.15 bits per heavy atom. The number of phenols is 5. The highest BCUT2D eigenvalue weighted by molar-refractivity contribution is 5.89. The number of benzene rings is 2. The molecule has 0 saturated carbocycles. The largest absolute Gasteiger partial charge is 0.508 e. The van der Waals surface area contributed by atoms with Gasteiger partial charge in [0.25, 0.3) is 0 Å². The Labute approximate surface area is 144 Å². The van der Waals surface area contributed by atoms with Crippen LogP contribution in [-0.4, -0.2) is 31.5 Å². The number of aromatic hydroxyl groups is 5. The molecular formula is C17H12O9. The van der Waals surface area contributed by atoms with Gasteiger partial charge in [0.05, 0.1) is 0 Å². The monoisotopic (exact) mass is 360 g/mol. The minimum absolute atomic E-state index is 0.101. The fourth-order valence-electron chi connectivity index (χ4n) is 2.43. The summed E-state index contributed by atoms with van der Waals surface area (Å²) in [7, 11) is 0. The molecule has 0 unspecified atom stereocenters. The Balaban J connectivity index is 2.44. The summed E-state index contributed by atoms with van der Waals surface area (Å²) >= 11 is 0. The third-order valence-electron chi connectivity index (χ3n) is 3.50. The number of ether oxygens (including phenoxy) is 1. The van der Waals surface area contributed by atoms with Crippen molar-refractivity contribution in [3.8, 4) is 45.8 Å². The van der Waals surface area contributed by atoms with Gasteiger partial charge in [-0.15, -0.1) is 0 Å². The van der Waals surface area contributed by atoms with Crippen molar-refractivity contribution >= 4 is 16.9 Å². The van der Waals surface area contributed by atoms with Gasteiger partial charge in [-0.1, -0.05) is 0 Å². The third-order valence-corrected chi connectivity index (χ3v) is 3.50. The number of carbonyl (C=O) groups is 1. The van der Waals surface area contributed by atoms with E-state index in [4.69, 9.17) is 9.15 Å². The molecule has 9 nitrogen and oxygen atoms in total. The highest BCUT2D eigenvalue weighted by Gasteiger charge is 2.23. The number of hydrogen-bond donors (Lipinski definition) is 5. The van der Waals surface area contributed by atoms with Gasteiger partial charge < -0.3 is 34.7 Å². The average molecular weight is 360 g/mol. The zero-order valence-electron chi connectivity index (χ0n) is 13.2. The lowest BCUT2D eigenvalue weighted by atomic mass is 10.1. The molecule has 1 aromatic heterocycles.